The fourth-order valence-corrected chi connectivity index (χ4v) is 3.84. The lowest BCUT2D eigenvalue weighted by atomic mass is 9.97. The van der Waals surface area contributed by atoms with Gasteiger partial charge in [0.05, 0.1) is 13.2 Å². The van der Waals surface area contributed by atoms with Crippen LogP contribution in [-0.2, 0) is 11.2 Å². The minimum absolute atomic E-state index is 0.415. The summed E-state index contributed by atoms with van der Waals surface area (Å²) in [6.07, 6.45) is 2.21. The van der Waals surface area contributed by atoms with E-state index in [2.05, 4.69) is 27.3 Å². The number of H-pyrrole nitrogens is 1. The number of fused-ring (bicyclic) bond motifs is 3. The minimum Gasteiger partial charge on any atom is -0.379 e. The van der Waals surface area contributed by atoms with Crippen molar-refractivity contribution in [3.63, 3.8) is 0 Å². The van der Waals surface area contributed by atoms with Gasteiger partial charge in [0, 0.05) is 47.3 Å². The van der Waals surface area contributed by atoms with Gasteiger partial charge in [0.1, 0.15) is 0 Å². The number of halogens is 1. The second-order valence-corrected chi connectivity index (χ2v) is 6.64. The maximum absolute atomic E-state index is 6.17. The summed E-state index contributed by atoms with van der Waals surface area (Å²) in [5.41, 5.74) is 4.01. The molecule has 1 atom stereocenters. The lowest BCUT2D eigenvalue weighted by Crippen LogP contribution is -2.39. The maximum Gasteiger partial charge on any atom is 0.0594 e. The fraction of sp³-hybridized carbons (Fsp3) is 0.529. The van der Waals surface area contributed by atoms with Gasteiger partial charge in [-0.2, -0.15) is 0 Å². The summed E-state index contributed by atoms with van der Waals surface area (Å²) in [7, 11) is 0. The molecule has 4 rings (SSSR count). The van der Waals surface area contributed by atoms with Gasteiger partial charge >= 0.3 is 0 Å². The van der Waals surface area contributed by atoms with Gasteiger partial charge in [-0.25, -0.2) is 0 Å². The van der Waals surface area contributed by atoms with E-state index < -0.39 is 0 Å². The van der Waals surface area contributed by atoms with Crippen molar-refractivity contribution in [2.45, 2.75) is 18.9 Å². The van der Waals surface area contributed by atoms with E-state index in [9.17, 15) is 0 Å². The summed E-state index contributed by atoms with van der Waals surface area (Å²) >= 11 is 6.17. The highest BCUT2D eigenvalue weighted by molar-refractivity contribution is 6.31. The first-order valence-electron chi connectivity index (χ1n) is 8.15. The molecule has 0 saturated carbocycles. The molecule has 0 spiro atoms. The number of nitrogens with zero attached hydrogens (tertiary/aromatic N) is 1. The van der Waals surface area contributed by atoms with Crippen LogP contribution in [0.1, 0.15) is 23.7 Å². The number of rotatable bonds is 3. The highest BCUT2D eigenvalue weighted by Gasteiger charge is 2.24. The van der Waals surface area contributed by atoms with Crippen LogP contribution < -0.4 is 5.32 Å². The van der Waals surface area contributed by atoms with Crippen molar-refractivity contribution in [2.75, 3.05) is 39.4 Å². The predicted molar refractivity (Wildman–Crippen MR) is 89.6 cm³/mol. The quantitative estimate of drug-likeness (QED) is 0.914. The lowest BCUT2D eigenvalue weighted by molar-refractivity contribution is 0.0360. The van der Waals surface area contributed by atoms with E-state index in [0.717, 1.165) is 57.3 Å². The smallest absolute Gasteiger partial charge is 0.0594 e. The summed E-state index contributed by atoms with van der Waals surface area (Å²) in [5, 5.41) is 5.78. The summed E-state index contributed by atoms with van der Waals surface area (Å²) in [6, 6.07) is 6.56. The van der Waals surface area contributed by atoms with Gasteiger partial charge in [-0.1, -0.05) is 11.6 Å². The van der Waals surface area contributed by atoms with E-state index in [4.69, 9.17) is 16.3 Å². The topological polar surface area (TPSA) is 40.3 Å². The Morgan fingerprint density at radius 1 is 1.27 bits per heavy atom. The number of morpholine rings is 1. The molecule has 4 nitrogen and oxygen atoms in total. The van der Waals surface area contributed by atoms with Gasteiger partial charge in [0.25, 0.3) is 0 Å². The molecule has 1 saturated heterocycles. The molecule has 2 aromatic rings. The zero-order valence-electron chi connectivity index (χ0n) is 12.7. The highest BCUT2D eigenvalue weighted by Crippen LogP contribution is 2.33. The molecule has 22 heavy (non-hydrogen) atoms. The molecule has 1 fully saturated rings. The zero-order chi connectivity index (χ0) is 14.9. The van der Waals surface area contributed by atoms with Crippen LogP contribution in [0.4, 0.5) is 0 Å². The van der Waals surface area contributed by atoms with Crippen LogP contribution in [-0.4, -0.2) is 49.3 Å². The monoisotopic (exact) mass is 319 g/mol. The van der Waals surface area contributed by atoms with Crippen molar-refractivity contribution in [3.8, 4) is 0 Å². The number of hydrogen-bond donors (Lipinski definition) is 2. The molecule has 2 aliphatic rings. The number of nitrogens with one attached hydrogen (secondary N) is 2. The van der Waals surface area contributed by atoms with Crippen molar-refractivity contribution >= 4 is 22.5 Å². The predicted octanol–water partition coefficient (Wildman–Crippen LogP) is 2.73. The average molecular weight is 320 g/mol. The maximum atomic E-state index is 6.17. The van der Waals surface area contributed by atoms with Gasteiger partial charge in [0.15, 0.2) is 0 Å². The molecule has 3 heterocycles. The number of aromatic nitrogens is 1. The average Bonchev–Trinajstić information content (AvgIpc) is 2.92. The standard InChI is InChI=1S/C17H22ClN3O/c18-12-1-2-15-14(11-12)13-3-5-19-16(17(13)20-15)4-6-21-7-9-22-10-8-21/h1-2,11,16,19-20H,3-10H2/t16-/m1/s1. The van der Waals surface area contributed by atoms with E-state index in [1.54, 1.807) is 0 Å². The molecule has 0 aliphatic carbocycles. The molecule has 2 aliphatic heterocycles. The van der Waals surface area contributed by atoms with E-state index in [-0.39, 0.29) is 0 Å². The Balaban J connectivity index is 1.55. The lowest BCUT2D eigenvalue weighted by Gasteiger charge is -2.30. The second-order valence-electron chi connectivity index (χ2n) is 6.21. The van der Waals surface area contributed by atoms with Gasteiger partial charge < -0.3 is 15.0 Å². The third kappa shape index (κ3) is 2.76. The third-order valence-corrected chi connectivity index (χ3v) is 5.09. The largest absolute Gasteiger partial charge is 0.379 e. The van der Waals surface area contributed by atoms with Gasteiger partial charge in [-0.15, -0.1) is 0 Å². The normalized spacial score (nSPS) is 22.9. The zero-order valence-corrected chi connectivity index (χ0v) is 13.5. The van der Waals surface area contributed by atoms with Crippen LogP contribution in [0.2, 0.25) is 5.02 Å². The Morgan fingerprint density at radius 2 is 2.14 bits per heavy atom. The molecule has 1 aromatic heterocycles. The van der Waals surface area contributed by atoms with Gasteiger partial charge in [-0.05, 0) is 43.1 Å². The van der Waals surface area contributed by atoms with Crippen molar-refractivity contribution in [3.05, 3.63) is 34.5 Å². The summed E-state index contributed by atoms with van der Waals surface area (Å²) in [5.74, 6) is 0. The van der Waals surface area contributed by atoms with Crippen LogP contribution in [0.15, 0.2) is 18.2 Å². The first kappa shape index (κ1) is 14.5. The molecule has 0 amide bonds. The molecule has 2 N–H and O–H groups in total. The molecular weight excluding hydrogens is 298 g/mol. The van der Waals surface area contributed by atoms with Gasteiger partial charge in [-0.3, -0.25) is 4.90 Å². The Bertz CT molecular complexity index is 663. The van der Waals surface area contributed by atoms with Crippen molar-refractivity contribution in [2.24, 2.45) is 0 Å². The number of ether oxygens (including phenoxy) is 1. The summed E-state index contributed by atoms with van der Waals surface area (Å²) in [4.78, 5) is 6.12. The summed E-state index contributed by atoms with van der Waals surface area (Å²) in [6.45, 7) is 6.02. The number of hydrogen-bond acceptors (Lipinski definition) is 3. The van der Waals surface area contributed by atoms with Gasteiger partial charge in [0.2, 0.25) is 0 Å². The third-order valence-electron chi connectivity index (χ3n) is 4.85. The Hall–Kier alpha value is -1.07. The Labute approximate surface area is 135 Å². The van der Waals surface area contributed by atoms with Crippen LogP contribution in [0.25, 0.3) is 10.9 Å². The Kier molecular flexibility index (Phi) is 4.09. The van der Waals surface area contributed by atoms with Crippen LogP contribution in [0, 0.1) is 0 Å². The highest BCUT2D eigenvalue weighted by atomic mass is 35.5. The SMILES string of the molecule is Clc1ccc2[nH]c3c(c2c1)CCN[C@@H]3CCN1CCOCC1. The van der Waals surface area contributed by atoms with Crippen molar-refractivity contribution in [1.82, 2.24) is 15.2 Å². The van der Waals surface area contributed by atoms with E-state index in [0.29, 0.717) is 6.04 Å². The van der Waals surface area contributed by atoms with Crippen LogP contribution >= 0.6 is 11.6 Å². The molecule has 118 valence electrons. The first-order chi connectivity index (χ1) is 10.8. The number of aromatic amines is 1. The molecule has 0 unspecified atom stereocenters. The van der Waals surface area contributed by atoms with E-state index in [1.807, 2.05) is 6.07 Å². The minimum atomic E-state index is 0.415. The molecule has 0 bridgehead atoms. The van der Waals surface area contributed by atoms with Crippen LogP contribution in [0.5, 0.6) is 0 Å². The molecular formula is C17H22ClN3O. The second kappa shape index (κ2) is 6.20. The molecule has 1 aromatic carbocycles. The van der Waals surface area contributed by atoms with E-state index in [1.165, 1.54) is 22.2 Å². The molecule has 0 radical (unpaired) electrons. The van der Waals surface area contributed by atoms with Crippen molar-refractivity contribution < 1.29 is 4.74 Å². The molecule has 5 heteroatoms. The van der Waals surface area contributed by atoms with Crippen LogP contribution in [0.3, 0.4) is 0 Å². The summed E-state index contributed by atoms with van der Waals surface area (Å²) < 4.78 is 5.42. The van der Waals surface area contributed by atoms with E-state index >= 15 is 0 Å². The Morgan fingerprint density at radius 3 is 3.00 bits per heavy atom. The van der Waals surface area contributed by atoms with Crippen molar-refractivity contribution in [1.29, 1.82) is 0 Å². The first-order valence-corrected chi connectivity index (χ1v) is 8.52. The fourth-order valence-electron chi connectivity index (χ4n) is 3.66. The number of benzene rings is 1.